The highest BCUT2D eigenvalue weighted by Crippen LogP contribution is 2.42. The molecule has 2 rings (SSSR count). The van der Waals surface area contributed by atoms with Crippen LogP contribution in [0, 0.1) is 17.8 Å². The largest absolute Gasteiger partial charge is 0.299 e. The minimum Gasteiger partial charge on any atom is -0.299 e. The maximum Gasteiger partial charge on any atom is 0.139 e. The molecule has 0 aromatic rings. The molecule has 0 heterocycles. The van der Waals surface area contributed by atoms with Gasteiger partial charge in [0.15, 0.2) is 0 Å². The second kappa shape index (κ2) is 2.08. The summed E-state index contributed by atoms with van der Waals surface area (Å²) < 4.78 is 0. The number of hydrogen-bond acceptors (Lipinski definition) is 1. The summed E-state index contributed by atoms with van der Waals surface area (Å²) in [6.07, 6.45) is 4.96. The van der Waals surface area contributed by atoms with E-state index in [1.807, 2.05) is 0 Å². The molecule has 56 valence electrons. The normalized spacial score (nSPS) is 28.1. The highest BCUT2D eigenvalue weighted by atomic mass is 16.1. The molecule has 0 aliphatic heterocycles. The molecule has 0 N–H and O–H groups in total. The first kappa shape index (κ1) is 6.38. The first-order chi connectivity index (χ1) is 4.79. The minimum atomic E-state index is 0.396. The van der Waals surface area contributed by atoms with E-state index in [9.17, 15) is 4.79 Å². The minimum absolute atomic E-state index is 0.396. The second-order valence-corrected chi connectivity index (χ2v) is 3.80. The van der Waals surface area contributed by atoms with Gasteiger partial charge in [-0.3, -0.25) is 4.79 Å². The molecule has 1 nitrogen and oxygen atoms in total. The summed E-state index contributed by atoms with van der Waals surface area (Å²) in [5.41, 5.74) is 0. The van der Waals surface area contributed by atoms with Crippen molar-refractivity contribution in [3.8, 4) is 0 Å². The molecule has 0 bridgehead atoms. The van der Waals surface area contributed by atoms with Gasteiger partial charge in [0.05, 0.1) is 0 Å². The average molecular weight is 138 g/mol. The van der Waals surface area contributed by atoms with E-state index in [2.05, 4.69) is 6.92 Å². The quantitative estimate of drug-likeness (QED) is 0.583. The number of ketones is 1. The van der Waals surface area contributed by atoms with Crippen LogP contribution >= 0.6 is 0 Å². The summed E-state index contributed by atoms with van der Waals surface area (Å²) in [5, 5.41) is 0. The predicted octanol–water partition coefficient (Wildman–Crippen LogP) is 2.01. The maximum atomic E-state index is 11.4. The van der Waals surface area contributed by atoms with Crippen LogP contribution in [0.25, 0.3) is 0 Å². The zero-order valence-electron chi connectivity index (χ0n) is 6.47. The van der Waals surface area contributed by atoms with Gasteiger partial charge in [-0.2, -0.15) is 0 Å². The van der Waals surface area contributed by atoms with Gasteiger partial charge in [-0.15, -0.1) is 0 Å². The second-order valence-electron chi connectivity index (χ2n) is 3.80. The Kier molecular flexibility index (Phi) is 1.33. The van der Waals surface area contributed by atoms with E-state index in [0.29, 0.717) is 17.6 Å². The smallest absolute Gasteiger partial charge is 0.139 e. The molecule has 0 radical (unpaired) electrons. The fourth-order valence-corrected chi connectivity index (χ4v) is 1.57. The number of rotatable bonds is 3. The molecule has 2 aliphatic rings. The summed E-state index contributed by atoms with van der Waals surface area (Å²) in [5.74, 6) is 2.21. The standard InChI is InChI=1S/C9H14O/c1-6(7-2-3-7)9(10)8-4-5-8/h6-8H,2-5H2,1H3. The Bertz CT molecular complexity index is 154. The highest BCUT2D eigenvalue weighted by Gasteiger charge is 2.39. The van der Waals surface area contributed by atoms with Crippen molar-refractivity contribution in [3.05, 3.63) is 0 Å². The highest BCUT2D eigenvalue weighted by molar-refractivity contribution is 5.85. The van der Waals surface area contributed by atoms with Gasteiger partial charge >= 0.3 is 0 Å². The van der Waals surface area contributed by atoms with Crippen LogP contribution in [0.2, 0.25) is 0 Å². The summed E-state index contributed by atoms with van der Waals surface area (Å²) in [6, 6.07) is 0. The van der Waals surface area contributed by atoms with Crippen molar-refractivity contribution in [2.24, 2.45) is 17.8 Å². The van der Waals surface area contributed by atoms with Crippen LogP contribution in [-0.2, 0) is 4.79 Å². The van der Waals surface area contributed by atoms with Gasteiger partial charge in [0, 0.05) is 11.8 Å². The molecule has 0 aromatic carbocycles. The number of Topliss-reactive ketones (excluding diaryl/α,β-unsaturated/α-hetero) is 1. The van der Waals surface area contributed by atoms with Crippen molar-refractivity contribution in [2.45, 2.75) is 32.6 Å². The zero-order valence-corrected chi connectivity index (χ0v) is 6.47. The van der Waals surface area contributed by atoms with Crippen LogP contribution in [0.1, 0.15) is 32.6 Å². The third kappa shape index (κ3) is 1.09. The zero-order chi connectivity index (χ0) is 7.14. The third-order valence-electron chi connectivity index (χ3n) is 2.76. The van der Waals surface area contributed by atoms with Gasteiger partial charge in [-0.25, -0.2) is 0 Å². The fraction of sp³-hybridized carbons (Fsp3) is 0.889. The lowest BCUT2D eigenvalue weighted by Crippen LogP contribution is -2.14. The lowest BCUT2D eigenvalue weighted by atomic mass is 9.98. The summed E-state index contributed by atoms with van der Waals surface area (Å²) in [4.78, 5) is 11.4. The van der Waals surface area contributed by atoms with Crippen molar-refractivity contribution in [1.29, 1.82) is 0 Å². The van der Waals surface area contributed by atoms with Crippen molar-refractivity contribution in [2.75, 3.05) is 0 Å². The van der Waals surface area contributed by atoms with Gasteiger partial charge < -0.3 is 0 Å². The first-order valence-electron chi connectivity index (χ1n) is 4.33. The Balaban J connectivity index is 1.89. The molecule has 0 spiro atoms. The predicted molar refractivity (Wildman–Crippen MR) is 39.6 cm³/mol. The molecular weight excluding hydrogens is 124 g/mol. The number of hydrogen-bond donors (Lipinski definition) is 0. The number of carbonyl (C=O) groups excluding carboxylic acids is 1. The lowest BCUT2D eigenvalue weighted by Gasteiger charge is -2.05. The molecule has 0 aromatic heterocycles. The van der Waals surface area contributed by atoms with Gasteiger partial charge in [0.25, 0.3) is 0 Å². The van der Waals surface area contributed by atoms with E-state index in [1.54, 1.807) is 0 Å². The van der Waals surface area contributed by atoms with Gasteiger partial charge in [0.1, 0.15) is 5.78 Å². The molecule has 1 unspecified atom stereocenters. The SMILES string of the molecule is CC(C(=O)C1CC1)C1CC1. The van der Waals surface area contributed by atoms with Gasteiger partial charge in [-0.05, 0) is 31.6 Å². The molecule has 2 aliphatic carbocycles. The van der Waals surface area contributed by atoms with Crippen LogP contribution < -0.4 is 0 Å². The molecule has 1 atom stereocenters. The topological polar surface area (TPSA) is 17.1 Å². The van der Waals surface area contributed by atoms with E-state index in [-0.39, 0.29) is 0 Å². The van der Waals surface area contributed by atoms with Crippen LogP contribution in [0.3, 0.4) is 0 Å². The van der Waals surface area contributed by atoms with Crippen LogP contribution in [0.4, 0.5) is 0 Å². The van der Waals surface area contributed by atoms with Crippen LogP contribution in [-0.4, -0.2) is 5.78 Å². The fourth-order valence-electron chi connectivity index (χ4n) is 1.57. The van der Waals surface area contributed by atoms with Crippen molar-refractivity contribution >= 4 is 5.78 Å². The number of carbonyl (C=O) groups is 1. The first-order valence-corrected chi connectivity index (χ1v) is 4.33. The monoisotopic (exact) mass is 138 g/mol. The molecule has 10 heavy (non-hydrogen) atoms. The summed E-state index contributed by atoms with van der Waals surface area (Å²) >= 11 is 0. The van der Waals surface area contributed by atoms with Gasteiger partial charge in [-0.1, -0.05) is 6.92 Å². The van der Waals surface area contributed by atoms with Gasteiger partial charge in [0.2, 0.25) is 0 Å². The summed E-state index contributed by atoms with van der Waals surface area (Å²) in [7, 11) is 0. The third-order valence-corrected chi connectivity index (χ3v) is 2.76. The van der Waals surface area contributed by atoms with E-state index >= 15 is 0 Å². The maximum absolute atomic E-state index is 11.4. The Labute approximate surface area is 61.8 Å². The van der Waals surface area contributed by atoms with Crippen LogP contribution in [0.5, 0.6) is 0 Å². The van der Waals surface area contributed by atoms with E-state index in [4.69, 9.17) is 0 Å². The Hall–Kier alpha value is -0.330. The Morgan fingerprint density at radius 2 is 1.90 bits per heavy atom. The Morgan fingerprint density at radius 3 is 2.30 bits per heavy atom. The van der Waals surface area contributed by atoms with Crippen molar-refractivity contribution in [1.82, 2.24) is 0 Å². The summed E-state index contributed by atoms with van der Waals surface area (Å²) in [6.45, 7) is 2.11. The van der Waals surface area contributed by atoms with Crippen molar-refractivity contribution < 1.29 is 4.79 Å². The molecule has 2 saturated carbocycles. The van der Waals surface area contributed by atoms with Crippen molar-refractivity contribution in [3.63, 3.8) is 0 Å². The molecule has 2 fully saturated rings. The van der Waals surface area contributed by atoms with E-state index < -0.39 is 0 Å². The molecule has 1 heteroatoms. The Morgan fingerprint density at radius 1 is 1.30 bits per heavy atom. The molecule has 0 saturated heterocycles. The lowest BCUT2D eigenvalue weighted by molar-refractivity contribution is -0.124. The van der Waals surface area contributed by atoms with E-state index in [0.717, 1.165) is 5.92 Å². The molecular formula is C9H14O. The average Bonchev–Trinajstić information content (AvgIpc) is 2.73. The van der Waals surface area contributed by atoms with Crippen LogP contribution in [0.15, 0.2) is 0 Å². The van der Waals surface area contributed by atoms with E-state index in [1.165, 1.54) is 25.7 Å². The molecule has 0 amide bonds.